The largest absolute Gasteiger partial charge is 0.478 e. The third-order valence-electron chi connectivity index (χ3n) is 4.93. The Bertz CT molecular complexity index is 1020. The average molecular weight is 400 g/mol. The summed E-state index contributed by atoms with van der Waals surface area (Å²) in [5, 5.41) is 20.8. The van der Waals surface area contributed by atoms with E-state index in [1.807, 2.05) is 18.2 Å². The summed E-state index contributed by atoms with van der Waals surface area (Å²) in [5.74, 6) is -1.11. The second-order valence-corrected chi connectivity index (χ2v) is 7.09. The fourth-order valence-electron chi connectivity index (χ4n) is 3.39. The molecule has 9 heteroatoms. The van der Waals surface area contributed by atoms with Gasteiger partial charge in [0, 0.05) is 24.8 Å². The number of carboxylic acid groups (broad SMARTS) is 1. The fraction of sp³-hybridized carbons (Fsp3) is 0.263. The Hall–Kier alpha value is -3.13. The number of aromatic carboxylic acids is 1. The zero-order chi connectivity index (χ0) is 19.7. The molecule has 4 rings (SSSR count). The van der Waals surface area contributed by atoms with Gasteiger partial charge in [-0.25, -0.2) is 4.79 Å². The first-order valence-corrected chi connectivity index (χ1v) is 9.28. The van der Waals surface area contributed by atoms with Gasteiger partial charge in [-0.15, -0.1) is 0 Å². The predicted molar refractivity (Wildman–Crippen MR) is 102 cm³/mol. The van der Waals surface area contributed by atoms with E-state index in [2.05, 4.69) is 15.3 Å². The van der Waals surface area contributed by atoms with Gasteiger partial charge in [0.2, 0.25) is 0 Å². The normalized spacial score (nSPS) is 15.0. The van der Waals surface area contributed by atoms with E-state index in [-0.39, 0.29) is 17.5 Å². The van der Waals surface area contributed by atoms with Gasteiger partial charge in [0.05, 0.1) is 28.5 Å². The SMILES string of the molecule is O=C(O)c1cnn(C2CCN(C(=O)c3cc(-c4ccccc4Cl)n[nH]3)CC2)c1. The Morgan fingerprint density at radius 3 is 2.64 bits per heavy atom. The number of carbonyl (C=O) groups is 2. The minimum atomic E-state index is -0.993. The Balaban J connectivity index is 1.42. The van der Waals surface area contributed by atoms with Crippen molar-refractivity contribution in [3.63, 3.8) is 0 Å². The molecule has 2 N–H and O–H groups in total. The second-order valence-electron chi connectivity index (χ2n) is 6.68. The molecule has 0 bridgehead atoms. The van der Waals surface area contributed by atoms with Crippen LogP contribution in [-0.2, 0) is 0 Å². The Morgan fingerprint density at radius 2 is 1.96 bits per heavy atom. The van der Waals surface area contributed by atoms with E-state index in [4.69, 9.17) is 16.7 Å². The molecule has 0 saturated carbocycles. The number of benzene rings is 1. The molecule has 0 unspecified atom stereocenters. The molecule has 2 aromatic heterocycles. The predicted octanol–water partition coefficient (Wildman–Crippen LogP) is 3.10. The highest BCUT2D eigenvalue weighted by molar-refractivity contribution is 6.33. The maximum absolute atomic E-state index is 12.8. The minimum absolute atomic E-state index is 0.0811. The number of aromatic nitrogens is 4. The number of aromatic amines is 1. The first kappa shape index (κ1) is 18.2. The van der Waals surface area contributed by atoms with Gasteiger partial charge in [-0.3, -0.25) is 14.6 Å². The summed E-state index contributed by atoms with van der Waals surface area (Å²) in [4.78, 5) is 25.6. The molecule has 144 valence electrons. The van der Waals surface area contributed by atoms with Crippen LogP contribution in [0.3, 0.4) is 0 Å². The molecule has 3 aromatic rings. The van der Waals surface area contributed by atoms with Gasteiger partial charge in [-0.05, 0) is 25.0 Å². The van der Waals surface area contributed by atoms with Crippen LogP contribution in [0.25, 0.3) is 11.3 Å². The molecule has 28 heavy (non-hydrogen) atoms. The number of piperidine rings is 1. The van der Waals surface area contributed by atoms with E-state index >= 15 is 0 Å². The van der Waals surface area contributed by atoms with E-state index < -0.39 is 5.97 Å². The van der Waals surface area contributed by atoms with Crippen LogP contribution < -0.4 is 0 Å². The van der Waals surface area contributed by atoms with Crippen molar-refractivity contribution in [1.29, 1.82) is 0 Å². The number of likely N-dealkylation sites (tertiary alicyclic amines) is 1. The molecule has 0 spiro atoms. The van der Waals surface area contributed by atoms with Gasteiger partial charge in [-0.2, -0.15) is 10.2 Å². The molecule has 1 aliphatic rings. The Morgan fingerprint density at radius 1 is 1.21 bits per heavy atom. The standard InChI is InChI=1S/C19H18ClN5O3/c20-15-4-2-1-3-14(15)16-9-17(23-22-16)18(26)24-7-5-13(6-8-24)25-11-12(10-21-25)19(27)28/h1-4,9-11,13H,5-8H2,(H,22,23)(H,27,28). The zero-order valence-corrected chi connectivity index (χ0v) is 15.6. The summed E-state index contributed by atoms with van der Waals surface area (Å²) in [6.07, 6.45) is 4.30. The summed E-state index contributed by atoms with van der Waals surface area (Å²) in [6.45, 7) is 1.12. The lowest BCUT2D eigenvalue weighted by molar-refractivity contribution is 0.0683. The van der Waals surface area contributed by atoms with Crippen molar-refractivity contribution in [1.82, 2.24) is 24.9 Å². The third kappa shape index (κ3) is 3.50. The van der Waals surface area contributed by atoms with Crippen molar-refractivity contribution in [2.24, 2.45) is 0 Å². The second kappa shape index (κ2) is 7.47. The molecule has 0 radical (unpaired) electrons. The van der Waals surface area contributed by atoms with Gasteiger partial charge < -0.3 is 10.0 Å². The molecule has 1 fully saturated rings. The number of hydrogen-bond acceptors (Lipinski definition) is 4. The van der Waals surface area contributed by atoms with Crippen LogP contribution in [0.15, 0.2) is 42.7 Å². The first-order chi connectivity index (χ1) is 13.5. The van der Waals surface area contributed by atoms with Crippen molar-refractivity contribution in [2.75, 3.05) is 13.1 Å². The van der Waals surface area contributed by atoms with Crippen LogP contribution in [0, 0.1) is 0 Å². The summed E-state index contributed by atoms with van der Waals surface area (Å²) in [5.41, 5.74) is 1.98. The van der Waals surface area contributed by atoms with E-state index in [1.54, 1.807) is 21.7 Å². The molecule has 1 aromatic carbocycles. The molecular weight excluding hydrogens is 382 g/mol. The molecule has 1 aliphatic heterocycles. The van der Waals surface area contributed by atoms with Gasteiger partial charge in [-0.1, -0.05) is 29.8 Å². The lowest BCUT2D eigenvalue weighted by Crippen LogP contribution is -2.39. The lowest BCUT2D eigenvalue weighted by Gasteiger charge is -2.31. The van der Waals surface area contributed by atoms with Crippen molar-refractivity contribution in [3.05, 3.63) is 59.0 Å². The van der Waals surface area contributed by atoms with Crippen molar-refractivity contribution < 1.29 is 14.7 Å². The number of carbonyl (C=O) groups excluding carboxylic acids is 1. The van der Waals surface area contributed by atoms with Gasteiger partial charge >= 0.3 is 5.97 Å². The summed E-state index contributed by atoms with van der Waals surface area (Å²) in [6, 6.07) is 9.14. The highest BCUT2D eigenvalue weighted by atomic mass is 35.5. The number of amides is 1. The number of nitrogens with one attached hydrogen (secondary N) is 1. The number of H-pyrrole nitrogens is 1. The first-order valence-electron chi connectivity index (χ1n) is 8.90. The monoisotopic (exact) mass is 399 g/mol. The maximum Gasteiger partial charge on any atom is 0.338 e. The molecule has 3 heterocycles. The molecular formula is C19H18ClN5O3. The van der Waals surface area contributed by atoms with Crippen LogP contribution in [0.5, 0.6) is 0 Å². The number of rotatable bonds is 4. The molecule has 8 nitrogen and oxygen atoms in total. The van der Waals surface area contributed by atoms with Gasteiger partial charge in [0.25, 0.3) is 5.91 Å². The number of carboxylic acids is 1. The fourth-order valence-corrected chi connectivity index (χ4v) is 3.62. The third-order valence-corrected chi connectivity index (χ3v) is 5.26. The Kier molecular flexibility index (Phi) is 4.87. The average Bonchev–Trinajstić information content (AvgIpc) is 3.38. The zero-order valence-electron chi connectivity index (χ0n) is 14.9. The van der Waals surface area contributed by atoms with Crippen molar-refractivity contribution in [3.8, 4) is 11.3 Å². The number of hydrogen-bond donors (Lipinski definition) is 2. The summed E-state index contributed by atoms with van der Waals surface area (Å²) >= 11 is 6.20. The van der Waals surface area contributed by atoms with Crippen molar-refractivity contribution >= 4 is 23.5 Å². The molecule has 1 amide bonds. The summed E-state index contributed by atoms with van der Waals surface area (Å²) < 4.78 is 1.68. The highest BCUT2D eigenvalue weighted by Gasteiger charge is 2.26. The van der Waals surface area contributed by atoms with E-state index in [0.29, 0.717) is 42.3 Å². The highest BCUT2D eigenvalue weighted by Crippen LogP contribution is 2.27. The van der Waals surface area contributed by atoms with Crippen molar-refractivity contribution in [2.45, 2.75) is 18.9 Å². The number of halogens is 1. The van der Waals surface area contributed by atoms with Gasteiger partial charge in [0.1, 0.15) is 5.69 Å². The lowest BCUT2D eigenvalue weighted by atomic mass is 10.0. The smallest absolute Gasteiger partial charge is 0.338 e. The summed E-state index contributed by atoms with van der Waals surface area (Å²) in [7, 11) is 0. The van der Waals surface area contributed by atoms with Crippen LogP contribution in [0.2, 0.25) is 5.02 Å². The van der Waals surface area contributed by atoms with Crippen LogP contribution >= 0.6 is 11.6 Å². The van der Waals surface area contributed by atoms with E-state index in [0.717, 1.165) is 5.56 Å². The Labute approximate surface area is 165 Å². The number of nitrogens with zero attached hydrogens (tertiary/aromatic N) is 4. The topological polar surface area (TPSA) is 104 Å². The molecule has 0 atom stereocenters. The van der Waals surface area contributed by atoms with Gasteiger partial charge in [0.15, 0.2) is 0 Å². The molecule has 1 saturated heterocycles. The maximum atomic E-state index is 12.8. The van der Waals surface area contributed by atoms with Crippen LogP contribution in [0.4, 0.5) is 0 Å². The van der Waals surface area contributed by atoms with E-state index in [1.165, 1.54) is 12.4 Å². The quantitative estimate of drug-likeness (QED) is 0.701. The minimum Gasteiger partial charge on any atom is -0.478 e. The van der Waals surface area contributed by atoms with E-state index in [9.17, 15) is 9.59 Å². The van der Waals surface area contributed by atoms with Crippen LogP contribution in [-0.4, -0.2) is 55.0 Å². The van der Waals surface area contributed by atoms with Crippen LogP contribution in [0.1, 0.15) is 39.7 Å². The molecule has 0 aliphatic carbocycles.